The summed E-state index contributed by atoms with van der Waals surface area (Å²) >= 11 is 8.58. The zero-order chi connectivity index (χ0) is 85.6. The first-order chi connectivity index (χ1) is 58.7. The largest absolute Gasteiger partial charge is 0.295 e. The van der Waals surface area contributed by atoms with Crippen molar-refractivity contribution in [2.45, 2.75) is 271 Å². The van der Waals surface area contributed by atoms with Gasteiger partial charge >= 0.3 is 0 Å². The van der Waals surface area contributed by atoms with Gasteiger partial charge in [0.1, 0.15) is 0 Å². The summed E-state index contributed by atoms with van der Waals surface area (Å²) in [6.07, 6.45) is 22.8. The standard InChI is InChI=1S/C23H25NOS.4C21H23NOS/c1-2-23(17-8-4-3-5-9-17)20-16(12-18-21(23)26-15-24-18)13-22(14-19(20)25)10-6-7-11-22;2*1-4-21(15-8-6-5-7-9-15)17-14(10-11-20(2,3)18(17)23)12-16-19(21)24-13-22-16;2*1-4-21(14-8-6-5-7-9-14)18-15(12-16-19(21)24-13-22-16)20(2,3)11-10-17(18)23/h3-5,8-9,15H,2,6-7,10-14H2,1H3;4*5-9,13H,4,10-12H2,1-3H3/t;21-;;21-;/m.1.1./s1. The first kappa shape index (κ1) is 85.5. The highest BCUT2D eigenvalue weighted by Gasteiger charge is 2.58. The fourth-order valence-electron chi connectivity index (χ4n) is 24.1. The summed E-state index contributed by atoms with van der Waals surface area (Å²) in [7, 11) is 0. The van der Waals surface area contributed by atoms with Crippen molar-refractivity contribution in [1.29, 1.82) is 0 Å². The van der Waals surface area contributed by atoms with E-state index in [-0.39, 0.29) is 54.1 Å². The highest BCUT2D eigenvalue weighted by Crippen LogP contribution is 2.63. The molecule has 5 aromatic carbocycles. The highest BCUT2D eigenvalue weighted by atomic mass is 32.1. The molecule has 0 bridgehead atoms. The number of benzene rings is 5. The summed E-state index contributed by atoms with van der Waals surface area (Å²) < 4.78 is 0. The van der Waals surface area contributed by atoms with E-state index in [2.05, 4.69) is 237 Å². The molecule has 0 amide bonds. The van der Waals surface area contributed by atoms with Crippen molar-refractivity contribution in [3.8, 4) is 0 Å². The molecule has 5 heterocycles. The molecule has 15 heteroatoms. The van der Waals surface area contributed by atoms with Crippen molar-refractivity contribution < 1.29 is 24.0 Å². The van der Waals surface area contributed by atoms with Crippen molar-refractivity contribution in [1.82, 2.24) is 24.9 Å². The molecule has 21 rings (SSSR count). The average Bonchev–Trinajstić information content (AvgIpc) is 1.40. The normalized spacial score (nSPS) is 25.7. The van der Waals surface area contributed by atoms with Crippen LogP contribution in [0.1, 0.15) is 293 Å². The number of Topliss-reactive ketones (excluding diaryl/α,β-unsaturated/α-hetero) is 5. The van der Waals surface area contributed by atoms with Crippen LogP contribution in [0.2, 0.25) is 0 Å². The Morgan fingerprint density at radius 1 is 0.279 bits per heavy atom. The van der Waals surface area contributed by atoms with Gasteiger partial charge in [-0.3, -0.25) is 24.0 Å². The highest BCUT2D eigenvalue weighted by molar-refractivity contribution is 7.11. The van der Waals surface area contributed by atoms with Crippen molar-refractivity contribution in [3.05, 3.63) is 316 Å². The summed E-state index contributed by atoms with van der Waals surface area (Å²) in [6.45, 7) is 28.6. The van der Waals surface area contributed by atoms with Crippen LogP contribution in [0.5, 0.6) is 0 Å². The van der Waals surface area contributed by atoms with E-state index in [4.69, 9.17) is 4.98 Å². The van der Waals surface area contributed by atoms with Gasteiger partial charge in [-0.1, -0.05) is 282 Å². The van der Waals surface area contributed by atoms with Crippen LogP contribution in [0.25, 0.3) is 0 Å². The number of hydrogen-bond donors (Lipinski definition) is 0. The molecule has 5 atom stereocenters. The molecule has 1 saturated carbocycles. The van der Waals surface area contributed by atoms with Gasteiger partial charge in [-0.2, -0.15) is 0 Å². The van der Waals surface area contributed by atoms with Gasteiger partial charge in [0.25, 0.3) is 0 Å². The molecule has 0 saturated heterocycles. The number of carbonyl (C=O) groups excluding carboxylic acids is 5. The molecule has 5 aromatic heterocycles. The predicted molar refractivity (Wildman–Crippen MR) is 499 cm³/mol. The van der Waals surface area contributed by atoms with Crippen LogP contribution in [0, 0.1) is 27.1 Å². The lowest BCUT2D eigenvalue weighted by Crippen LogP contribution is -2.44. The Kier molecular flexibility index (Phi) is 23.1. The SMILES string of the molecule is CCC1(c2ccccc2)C2=C(CCC(C)(C)C2=O)Cc2ncsc21.CCC1(c2ccccc2)C2=C(Cc3ncsc31)C(C)(C)CCC2=O.CCC1(c2ccccc2)C2=C(Cc3ncsc31)CC1(CCCC1)CC2=O.CC[C@@]1(c2ccccc2)C2=C(CCC(C)(C)C2=O)Cc2ncsc21.CC[C@@]1(c2ccccc2)C2=C(Cc3ncsc31)C(C)(C)CCC2=O. The van der Waals surface area contributed by atoms with E-state index < -0.39 is 0 Å². The third kappa shape index (κ3) is 13.8. The maximum Gasteiger partial charge on any atom is 0.165 e. The van der Waals surface area contributed by atoms with E-state index in [0.29, 0.717) is 41.8 Å². The molecule has 11 aliphatic rings. The molecule has 11 aliphatic carbocycles. The van der Waals surface area contributed by atoms with Gasteiger partial charge in [-0.15, -0.1) is 56.7 Å². The Morgan fingerprint density at radius 3 is 0.836 bits per heavy atom. The van der Waals surface area contributed by atoms with E-state index in [1.54, 1.807) is 56.7 Å². The first-order valence-corrected chi connectivity index (χ1v) is 49.4. The number of nitrogens with zero attached hydrogens (tertiary/aromatic N) is 5. The van der Waals surface area contributed by atoms with E-state index >= 15 is 0 Å². The van der Waals surface area contributed by atoms with Crippen LogP contribution < -0.4 is 0 Å². The van der Waals surface area contributed by atoms with Gasteiger partial charge in [0.15, 0.2) is 28.9 Å². The lowest BCUT2D eigenvalue weighted by Gasteiger charge is -2.46. The van der Waals surface area contributed by atoms with Gasteiger partial charge < -0.3 is 0 Å². The van der Waals surface area contributed by atoms with Gasteiger partial charge in [-0.05, 0) is 134 Å². The average molecular weight is 1710 g/mol. The number of aromatic nitrogens is 5. The van der Waals surface area contributed by atoms with E-state index in [1.807, 2.05) is 51.8 Å². The number of thiazole rings is 5. The maximum absolute atomic E-state index is 13.6. The number of rotatable bonds is 10. The fraction of sp³-hybridized carbons (Fsp3) is 0.439. The molecule has 0 N–H and O–H groups in total. The van der Waals surface area contributed by atoms with Crippen LogP contribution >= 0.6 is 56.7 Å². The predicted octanol–water partition coefficient (Wildman–Crippen LogP) is 25.9. The summed E-state index contributed by atoms with van der Waals surface area (Å²) in [5.74, 6) is 1.78. The van der Waals surface area contributed by atoms with Crippen molar-refractivity contribution in [2.75, 3.05) is 0 Å². The summed E-state index contributed by atoms with van der Waals surface area (Å²) in [4.78, 5) is 96.6. The van der Waals surface area contributed by atoms with E-state index in [1.165, 1.54) is 134 Å². The summed E-state index contributed by atoms with van der Waals surface area (Å²) in [5.41, 5.74) is 32.3. The Hall–Kier alpha value is -8.70. The summed E-state index contributed by atoms with van der Waals surface area (Å²) in [6, 6.07) is 53.0. The summed E-state index contributed by atoms with van der Waals surface area (Å²) in [5, 5.41) is 0. The molecule has 0 aliphatic heterocycles. The van der Waals surface area contributed by atoms with Crippen LogP contribution in [-0.4, -0.2) is 53.8 Å². The molecule has 10 aromatic rings. The maximum atomic E-state index is 13.6. The molecule has 122 heavy (non-hydrogen) atoms. The number of hydrogen-bond acceptors (Lipinski definition) is 15. The monoisotopic (exact) mass is 1710 g/mol. The molecular weight excluding hydrogens is 1600 g/mol. The lowest BCUT2D eigenvalue weighted by molar-refractivity contribution is -0.125. The Bertz CT molecular complexity index is 5590. The second-order valence-electron chi connectivity index (χ2n) is 38.8. The van der Waals surface area contributed by atoms with Crippen LogP contribution in [0.4, 0.5) is 0 Å². The number of allylic oxidation sites excluding steroid dienone is 10. The number of ketones is 5. The Labute approximate surface area is 742 Å². The van der Waals surface area contributed by atoms with Crippen molar-refractivity contribution in [3.63, 3.8) is 0 Å². The second kappa shape index (κ2) is 33.0. The molecule has 3 unspecified atom stereocenters. The van der Waals surface area contributed by atoms with Gasteiger partial charge in [-0.25, -0.2) is 24.9 Å². The fourth-order valence-corrected chi connectivity index (χ4v) is 29.7. The minimum Gasteiger partial charge on any atom is -0.295 e. The van der Waals surface area contributed by atoms with Crippen LogP contribution in [0.3, 0.4) is 0 Å². The molecule has 1 spiro atoms. The van der Waals surface area contributed by atoms with E-state index in [0.717, 1.165) is 143 Å². The van der Waals surface area contributed by atoms with Crippen molar-refractivity contribution in [2.24, 2.45) is 27.1 Å². The zero-order valence-corrected chi connectivity index (χ0v) is 77.7. The smallest absolute Gasteiger partial charge is 0.165 e. The molecular formula is C107H117N5O5S5. The zero-order valence-electron chi connectivity index (χ0n) is 73.6. The lowest BCUT2D eigenvalue weighted by atomic mass is 9.57. The van der Waals surface area contributed by atoms with Crippen molar-refractivity contribution >= 4 is 85.6 Å². The molecule has 0 radical (unpaired) electrons. The van der Waals surface area contributed by atoms with Crippen LogP contribution in [-0.2, 0) is 83.2 Å². The van der Waals surface area contributed by atoms with E-state index in [9.17, 15) is 24.0 Å². The molecule has 630 valence electrons. The van der Waals surface area contributed by atoms with Gasteiger partial charge in [0.2, 0.25) is 0 Å². The second-order valence-corrected chi connectivity index (χ2v) is 43.1. The Morgan fingerprint density at radius 2 is 0.541 bits per heavy atom. The molecule has 10 nitrogen and oxygen atoms in total. The minimum atomic E-state index is -0.319. The Balaban J connectivity index is 0.000000108. The quantitative estimate of drug-likeness (QED) is 0.129. The molecule has 1 fully saturated rings. The minimum absolute atomic E-state index is 0.0692. The van der Waals surface area contributed by atoms with Gasteiger partial charge in [0, 0.05) is 114 Å². The number of fused-ring (bicyclic) bond motifs is 5. The third-order valence-electron chi connectivity index (χ3n) is 30.8. The topological polar surface area (TPSA) is 150 Å². The van der Waals surface area contributed by atoms with Crippen LogP contribution in [0.15, 0.2) is 235 Å². The first-order valence-electron chi connectivity index (χ1n) is 45.0. The number of carbonyl (C=O) groups is 5. The van der Waals surface area contributed by atoms with Gasteiger partial charge in [0.05, 0.1) is 83.1 Å². The third-order valence-corrected chi connectivity index (χ3v) is 35.9.